The molecular weight excluding hydrogens is 595 g/mol. The van der Waals surface area contributed by atoms with Gasteiger partial charge >= 0.3 is 0 Å². The van der Waals surface area contributed by atoms with Crippen molar-refractivity contribution in [3.8, 4) is 39.3 Å². The lowest BCUT2D eigenvalue weighted by Crippen LogP contribution is -2.03. The zero-order valence-electron chi connectivity index (χ0n) is 26.6. The van der Waals surface area contributed by atoms with Gasteiger partial charge in [-0.1, -0.05) is 133 Å². The SMILES string of the molecule is c1ccc(-c2ccc(-c3nc4ccccc4nc3-n3c4ccc(-c5ccc6ccccc6c5)cc4c4cc5ccccc5cc43)cc2)cc1. The summed E-state index contributed by atoms with van der Waals surface area (Å²) in [5.41, 5.74) is 10.6. The van der Waals surface area contributed by atoms with Crippen LogP contribution in [0.15, 0.2) is 176 Å². The molecule has 0 unspecified atom stereocenters. The zero-order valence-corrected chi connectivity index (χ0v) is 26.6. The maximum Gasteiger partial charge on any atom is 0.165 e. The van der Waals surface area contributed by atoms with E-state index in [9.17, 15) is 0 Å². The Labute approximate surface area is 283 Å². The van der Waals surface area contributed by atoms with Crippen molar-refractivity contribution in [1.82, 2.24) is 14.5 Å². The molecule has 0 N–H and O–H groups in total. The molecule has 3 heteroatoms. The van der Waals surface area contributed by atoms with Crippen molar-refractivity contribution in [3.05, 3.63) is 176 Å². The Bertz CT molecular complexity index is 2870. The average molecular weight is 624 g/mol. The molecule has 10 rings (SSSR count). The van der Waals surface area contributed by atoms with Crippen LogP contribution in [0.1, 0.15) is 0 Å². The standard InChI is InChI=1S/C46H29N3/c1-2-10-30(11-3-1)32-18-21-33(22-19-32)45-46(48-42-17-9-8-16-41(42)47-45)49-43-25-24-38(37-23-20-31-12-4-5-13-34(31)26-37)28-39(43)40-27-35-14-6-7-15-36(35)29-44(40)49/h1-29H. The lowest BCUT2D eigenvalue weighted by molar-refractivity contribution is 1.08. The van der Waals surface area contributed by atoms with E-state index < -0.39 is 0 Å². The molecule has 0 saturated heterocycles. The van der Waals surface area contributed by atoms with E-state index in [1.165, 1.54) is 54.6 Å². The van der Waals surface area contributed by atoms with Gasteiger partial charge in [0.2, 0.25) is 0 Å². The number of hydrogen-bond donors (Lipinski definition) is 0. The molecule has 0 aliphatic carbocycles. The summed E-state index contributed by atoms with van der Waals surface area (Å²) < 4.78 is 2.32. The van der Waals surface area contributed by atoms with E-state index >= 15 is 0 Å². The molecule has 2 aromatic heterocycles. The quantitative estimate of drug-likeness (QED) is 0.195. The predicted molar refractivity (Wildman–Crippen MR) is 205 cm³/mol. The third-order valence-corrected chi connectivity index (χ3v) is 9.74. The number of hydrogen-bond acceptors (Lipinski definition) is 2. The molecule has 0 amide bonds. The molecule has 8 aromatic carbocycles. The van der Waals surface area contributed by atoms with Gasteiger partial charge in [0.1, 0.15) is 5.69 Å². The van der Waals surface area contributed by atoms with Crippen molar-refractivity contribution in [2.45, 2.75) is 0 Å². The van der Waals surface area contributed by atoms with Gasteiger partial charge in [-0.2, -0.15) is 0 Å². The van der Waals surface area contributed by atoms with Crippen molar-refractivity contribution in [2.75, 3.05) is 0 Å². The maximum atomic E-state index is 5.37. The summed E-state index contributed by atoms with van der Waals surface area (Å²) >= 11 is 0. The second-order valence-electron chi connectivity index (χ2n) is 12.7. The molecule has 0 bridgehead atoms. The van der Waals surface area contributed by atoms with Crippen LogP contribution in [-0.4, -0.2) is 14.5 Å². The van der Waals surface area contributed by atoms with Gasteiger partial charge < -0.3 is 0 Å². The van der Waals surface area contributed by atoms with Crippen molar-refractivity contribution < 1.29 is 0 Å². The summed E-state index contributed by atoms with van der Waals surface area (Å²) in [5, 5.41) is 7.27. The molecule has 0 atom stereocenters. The van der Waals surface area contributed by atoms with E-state index in [4.69, 9.17) is 9.97 Å². The first-order valence-electron chi connectivity index (χ1n) is 16.7. The molecule has 228 valence electrons. The second-order valence-corrected chi connectivity index (χ2v) is 12.7. The first-order valence-corrected chi connectivity index (χ1v) is 16.7. The highest BCUT2D eigenvalue weighted by Gasteiger charge is 2.20. The zero-order chi connectivity index (χ0) is 32.3. The number of benzene rings is 8. The monoisotopic (exact) mass is 623 g/mol. The maximum absolute atomic E-state index is 5.37. The van der Waals surface area contributed by atoms with Gasteiger partial charge in [0.05, 0.1) is 22.1 Å². The van der Waals surface area contributed by atoms with Gasteiger partial charge in [0.15, 0.2) is 5.82 Å². The van der Waals surface area contributed by atoms with Gasteiger partial charge in [-0.25, -0.2) is 9.97 Å². The van der Waals surface area contributed by atoms with E-state index in [-0.39, 0.29) is 0 Å². The van der Waals surface area contributed by atoms with E-state index in [1.807, 2.05) is 18.2 Å². The lowest BCUT2D eigenvalue weighted by Gasteiger charge is -2.14. The highest BCUT2D eigenvalue weighted by Crippen LogP contribution is 2.39. The molecule has 2 heterocycles. The van der Waals surface area contributed by atoms with Crippen LogP contribution in [0.5, 0.6) is 0 Å². The van der Waals surface area contributed by atoms with Crippen LogP contribution < -0.4 is 0 Å². The summed E-state index contributed by atoms with van der Waals surface area (Å²) in [4.78, 5) is 10.7. The molecule has 0 spiro atoms. The van der Waals surface area contributed by atoms with Crippen molar-refractivity contribution >= 4 is 54.4 Å². The minimum Gasteiger partial charge on any atom is -0.292 e. The van der Waals surface area contributed by atoms with Crippen LogP contribution in [-0.2, 0) is 0 Å². The summed E-state index contributed by atoms with van der Waals surface area (Å²) in [6.07, 6.45) is 0. The van der Waals surface area contributed by atoms with Crippen molar-refractivity contribution in [3.63, 3.8) is 0 Å². The van der Waals surface area contributed by atoms with Gasteiger partial charge in [0.25, 0.3) is 0 Å². The van der Waals surface area contributed by atoms with Crippen LogP contribution in [0.2, 0.25) is 0 Å². The Hall–Kier alpha value is -6.58. The fraction of sp³-hybridized carbons (Fsp3) is 0. The minimum atomic E-state index is 0.819. The average Bonchev–Trinajstić information content (AvgIpc) is 3.49. The Morgan fingerprint density at radius 1 is 0.327 bits per heavy atom. The number of rotatable bonds is 4. The lowest BCUT2D eigenvalue weighted by atomic mass is 9.99. The predicted octanol–water partition coefficient (Wildman–Crippen LogP) is 12.0. The fourth-order valence-corrected chi connectivity index (χ4v) is 7.27. The largest absolute Gasteiger partial charge is 0.292 e. The third kappa shape index (κ3) is 4.59. The molecule has 0 saturated carbocycles. The number of para-hydroxylation sites is 2. The van der Waals surface area contributed by atoms with Crippen LogP contribution in [0, 0.1) is 0 Å². The van der Waals surface area contributed by atoms with Gasteiger partial charge in [-0.15, -0.1) is 0 Å². The summed E-state index contributed by atoms with van der Waals surface area (Å²) in [6, 6.07) is 62.7. The van der Waals surface area contributed by atoms with Gasteiger partial charge in [-0.3, -0.25) is 4.57 Å². The molecule has 10 aromatic rings. The topological polar surface area (TPSA) is 30.7 Å². The van der Waals surface area contributed by atoms with Crippen LogP contribution in [0.25, 0.3) is 93.7 Å². The first kappa shape index (κ1) is 27.5. The van der Waals surface area contributed by atoms with Gasteiger partial charge in [-0.05, 0) is 86.3 Å². The van der Waals surface area contributed by atoms with Gasteiger partial charge in [0, 0.05) is 16.3 Å². The van der Waals surface area contributed by atoms with E-state index in [2.05, 4.69) is 162 Å². The van der Waals surface area contributed by atoms with Crippen molar-refractivity contribution in [1.29, 1.82) is 0 Å². The number of aromatic nitrogens is 3. The molecular formula is C46H29N3. The number of nitrogens with zero attached hydrogens (tertiary/aromatic N) is 3. The molecule has 0 fully saturated rings. The Morgan fingerprint density at radius 3 is 1.63 bits per heavy atom. The smallest absolute Gasteiger partial charge is 0.165 e. The van der Waals surface area contributed by atoms with Crippen LogP contribution in [0.3, 0.4) is 0 Å². The Kier molecular flexibility index (Phi) is 6.18. The van der Waals surface area contributed by atoms with Crippen LogP contribution in [0.4, 0.5) is 0 Å². The first-order chi connectivity index (χ1) is 24.3. The highest BCUT2D eigenvalue weighted by molar-refractivity contribution is 6.15. The summed E-state index contributed by atoms with van der Waals surface area (Å²) in [7, 11) is 0. The molecule has 49 heavy (non-hydrogen) atoms. The highest BCUT2D eigenvalue weighted by atomic mass is 15.1. The third-order valence-electron chi connectivity index (χ3n) is 9.74. The molecule has 0 aliphatic heterocycles. The second kappa shape index (κ2) is 11.0. The normalized spacial score (nSPS) is 11.7. The molecule has 0 radical (unpaired) electrons. The number of fused-ring (bicyclic) bond motifs is 6. The summed E-state index contributed by atoms with van der Waals surface area (Å²) in [5.74, 6) is 0.819. The summed E-state index contributed by atoms with van der Waals surface area (Å²) in [6.45, 7) is 0. The molecule has 0 aliphatic rings. The van der Waals surface area contributed by atoms with E-state index in [1.54, 1.807) is 0 Å². The van der Waals surface area contributed by atoms with Crippen LogP contribution >= 0.6 is 0 Å². The van der Waals surface area contributed by atoms with E-state index in [0.29, 0.717) is 0 Å². The molecule has 3 nitrogen and oxygen atoms in total. The minimum absolute atomic E-state index is 0.819. The van der Waals surface area contributed by atoms with Crippen molar-refractivity contribution in [2.24, 2.45) is 0 Å². The Morgan fingerprint density at radius 2 is 0.857 bits per heavy atom. The Balaban J connectivity index is 1.25. The fourth-order valence-electron chi connectivity index (χ4n) is 7.27. The van der Waals surface area contributed by atoms with E-state index in [0.717, 1.165) is 39.1 Å².